The van der Waals surface area contributed by atoms with Crippen molar-refractivity contribution in [2.75, 3.05) is 51.3 Å². The molecule has 0 bridgehead atoms. The standard InChI is InChI=1S/C25H35FN6O/c1-17(2)23(32-8-10-33-11-9-32)5-4-18(3)21-13-22-24(29-7-6-28-22)25(31-21)30-15-19-12-20(26)16-27-14-19/h4-7,13,17,19-20,27H,8-12,14-16H2,1-3H3,(H,30,31)/b18-4+,23-5+. The van der Waals surface area contributed by atoms with E-state index in [-0.39, 0.29) is 5.92 Å². The molecule has 0 spiro atoms. The Balaban J connectivity index is 1.58. The Morgan fingerprint density at radius 3 is 2.79 bits per heavy atom. The van der Waals surface area contributed by atoms with Crippen molar-refractivity contribution in [3.63, 3.8) is 0 Å². The van der Waals surface area contributed by atoms with Crippen molar-refractivity contribution in [3.05, 3.63) is 42.0 Å². The van der Waals surface area contributed by atoms with Crippen LogP contribution in [0.4, 0.5) is 10.2 Å². The minimum Gasteiger partial charge on any atom is -0.378 e. The zero-order valence-electron chi connectivity index (χ0n) is 19.9. The number of halogens is 1. The summed E-state index contributed by atoms with van der Waals surface area (Å²) in [6.45, 7) is 11.8. The fourth-order valence-electron chi connectivity index (χ4n) is 4.45. The second kappa shape index (κ2) is 11.0. The van der Waals surface area contributed by atoms with Gasteiger partial charge in [-0.1, -0.05) is 19.9 Å². The average Bonchev–Trinajstić information content (AvgIpc) is 2.83. The van der Waals surface area contributed by atoms with E-state index in [1.165, 1.54) is 5.70 Å². The monoisotopic (exact) mass is 454 g/mol. The Kier molecular flexibility index (Phi) is 7.88. The van der Waals surface area contributed by atoms with Gasteiger partial charge in [-0.05, 0) is 49.4 Å². The summed E-state index contributed by atoms with van der Waals surface area (Å²) < 4.78 is 19.3. The smallest absolute Gasteiger partial charge is 0.154 e. The van der Waals surface area contributed by atoms with Gasteiger partial charge in [-0.3, -0.25) is 4.98 Å². The number of piperidine rings is 1. The van der Waals surface area contributed by atoms with Crippen LogP contribution >= 0.6 is 0 Å². The Bertz CT molecular complexity index is 1000. The lowest BCUT2D eigenvalue weighted by molar-refractivity contribution is 0.0496. The first kappa shape index (κ1) is 23.6. The highest BCUT2D eigenvalue weighted by atomic mass is 19.1. The molecular formula is C25H35FN6O. The van der Waals surface area contributed by atoms with Gasteiger partial charge >= 0.3 is 0 Å². The SMILES string of the molecule is C/C(=C\C=C(/C(C)C)N1CCOCC1)c1cc2nccnc2c(NCC2CNCC(F)C2)n1. The molecule has 2 fully saturated rings. The van der Waals surface area contributed by atoms with Crippen molar-refractivity contribution in [1.82, 2.24) is 25.2 Å². The van der Waals surface area contributed by atoms with E-state index in [1.807, 2.05) is 6.07 Å². The molecule has 33 heavy (non-hydrogen) atoms. The number of allylic oxidation sites excluding steroid dienone is 4. The highest BCUT2D eigenvalue weighted by molar-refractivity contribution is 5.87. The third-order valence-corrected chi connectivity index (χ3v) is 6.28. The maximum absolute atomic E-state index is 13.8. The van der Waals surface area contributed by atoms with Gasteiger partial charge < -0.3 is 20.3 Å². The topological polar surface area (TPSA) is 75.2 Å². The summed E-state index contributed by atoms with van der Waals surface area (Å²) in [5.74, 6) is 1.33. The molecule has 2 N–H and O–H groups in total. The van der Waals surface area contributed by atoms with Crippen molar-refractivity contribution < 1.29 is 9.13 Å². The molecule has 7 nitrogen and oxygen atoms in total. The normalized spacial score (nSPS) is 22.8. The minimum absolute atomic E-state index is 0.215. The molecule has 178 valence electrons. The Hall–Kier alpha value is -2.58. The van der Waals surface area contributed by atoms with E-state index in [1.54, 1.807) is 12.4 Å². The second-order valence-corrected chi connectivity index (χ2v) is 9.21. The molecule has 2 atom stereocenters. The third kappa shape index (κ3) is 6.06. The number of fused-ring (bicyclic) bond motifs is 1. The lowest BCUT2D eigenvalue weighted by atomic mass is 9.98. The molecule has 0 radical (unpaired) electrons. The van der Waals surface area contributed by atoms with E-state index in [0.29, 0.717) is 31.2 Å². The summed E-state index contributed by atoms with van der Waals surface area (Å²) in [6, 6.07) is 1.98. The van der Waals surface area contributed by atoms with Gasteiger partial charge in [0.1, 0.15) is 11.7 Å². The van der Waals surface area contributed by atoms with Crippen LogP contribution in [0.15, 0.2) is 36.3 Å². The zero-order valence-corrected chi connectivity index (χ0v) is 19.9. The van der Waals surface area contributed by atoms with E-state index in [4.69, 9.17) is 9.72 Å². The Morgan fingerprint density at radius 2 is 2.03 bits per heavy atom. The number of nitrogens with one attached hydrogen (secondary N) is 2. The van der Waals surface area contributed by atoms with E-state index in [2.05, 4.69) is 58.4 Å². The quantitative estimate of drug-likeness (QED) is 0.619. The highest BCUT2D eigenvalue weighted by Gasteiger charge is 2.21. The van der Waals surface area contributed by atoms with Gasteiger partial charge in [0.15, 0.2) is 5.82 Å². The van der Waals surface area contributed by atoms with E-state index < -0.39 is 6.17 Å². The number of hydrogen-bond acceptors (Lipinski definition) is 7. The second-order valence-electron chi connectivity index (χ2n) is 9.21. The van der Waals surface area contributed by atoms with E-state index in [9.17, 15) is 4.39 Å². The van der Waals surface area contributed by atoms with Crippen LogP contribution in [0.1, 0.15) is 32.9 Å². The number of anilines is 1. The van der Waals surface area contributed by atoms with Crippen LogP contribution in [-0.4, -0.2) is 72.0 Å². The molecule has 2 aliphatic heterocycles. The predicted molar refractivity (Wildman–Crippen MR) is 131 cm³/mol. The third-order valence-electron chi connectivity index (χ3n) is 6.28. The molecular weight excluding hydrogens is 419 g/mol. The molecule has 8 heteroatoms. The fraction of sp³-hybridized carbons (Fsp3) is 0.560. The molecule has 4 rings (SSSR count). The van der Waals surface area contributed by atoms with Crippen LogP contribution in [0.2, 0.25) is 0 Å². The van der Waals surface area contributed by atoms with Crippen molar-refractivity contribution in [2.24, 2.45) is 11.8 Å². The molecule has 0 aromatic carbocycles. The average molecular weight is 455 g/mol. The van der Waals surface area contributed by atoms with Crippen LogP contribution in [0.3, 0.4) is 0 Å². The summed E-state index contributed by atoms with van der Waals surface area (Å²) in [5.41, 5.74) is 4.75. The van der Waals surface area contributed by atoms with Gasteiger partial charge in [0.05, 0.1) is 24.4 Å². The van der Waals surface area contributed by atoms with Crippen LogP contribution in [-0.2, 0) is 4.74 Å². The number of pyridine rings is 1. The number of morpholine rings is 1. The first-order valence-electron chi connectivity index (χ1n) is 11.9. The Labute approximate surface area is 195 Å². The lowest BCUT2D eigenvalue weighted by Gasteiger charge is -2.33. The number of aromatic nitrogens is 3. The molecule has 2 aromatic heterocycles. The van der Waals surface area contributed by atoms with Gasteiger partial charge in [-0.2, -0.15) is 0 Å². The van der Waals surface area contributed by atoms with Crippen LogP contribution in [0.5, 0.6) is 0 Å². The van der Waals surface area contributed by atoms with Gasteiger partial charge in [-0.15, -0.1) is 0 Å². The molecule has 2 saturated heterocycles. The summed E-state index contributed by atoms with van der Waals surface area (Å²) in [7, 11) is 0. The van der Waals surface area contributed by atoms with E-state index in [0.717, 1.165) is 55.1 Å². The molecule has 2 aliphatic rings. The van der Waals surface area contributed by atoms with Gasteiger partial charge in [-0.25, -0.2) is 14.4 Å². The fourth-order valence-corrected chi connectivity index (χ4v) is 4.45. The number of rotatable bonds is 7. The summed E-state index contributed by atoms with van der Waals surface area (Å²) in [6.07, 6.45) is 7.49. The largest absolute Gasteiger partial charge is 0.378 e. The van der Waals surface area contributed by atoms with Crippen LogP contribution < -0.4 is 10.6 Å². The minimum atomic E-state index is -0.792. The maximum atomic E-state index is 13.8. The molecule has 0 amide bonds. The van der Waals surface area contributed by atoms with Crippen molar-refractivity contribution in [1.29, 1.82) is 0 Å². The molecule has 0 aliphatic carbocycles. The molecule has 4 heterocycles. The molecule has 2 unspecified atom stereocenters. The molecule has 0 saturated carbocycles. The number of alkyl halides is 1. The van der Waals surface area contributed by atoms with Gasteiger partial charge in [0.25, 0.3) is 0 Å². The van der Waals surface area contributed by atoms with Crippen molar-refractivity contribution in [3.8, 4) is 0 Å². The summed E-state index contributed by atoms with van der Waals surface area (Å²) in [5, 5.41) is 6.58. The Morgan fingerprint density at radius 1 is 1.24 bits per heavy atom. The van der Waals surface area contributed by atoms with Gasteiger partial charge in [0, 0.05) is 44.3 Å². The zero-order chi connectivity index (χ0) is 23.2. The van der Waals surface area contributed by atoms with Gasteiger partial charge in [0.2, 0.25) is 0 Å². The van der Waals surface area contributed by atoms with Crippen LogP contribution in [0.25, 0.3) is 16.6 Å². The maximum Gasteiger partial charge on any atom is 0.154 e. The summed E-state index contributed by atoms with van der Waals surface area (Å²) in [4.78, 5) is 16.3. The number of nitrogens with zero attached hydrogens (tertiary/aromatic N) is 4. The van der Waals surface area contributed by atoms with Crippen molar-refractivity contribution >= 4 is 22.4 Å². The predicted octanol–water partition coefficient (Wildman–Crippen LogP) is 3.66. The number of ether oxygens (including phenoxy) is 1. The summed E-state index contributed by atoms with van der Waals surface area (Å²) >= 11 is 0. The first-order valence-corrected chi connectivity index (χ1v) is 11.9. The number of hydrogen-bond donors (Lipinski definition) is 2. The lowest BCUT2D eigenvalue weighted by Crippen LogP contribution is -2.40. The van der Waals surface area contributed by atoms with Crippen LogP contribution in [0, 0.1) is 11.8 Å². The molecule has 2 aromatic rings. The highest BCUT2D eigenvalue weighted by Crippen LogP contribution is 2.25. The van der Waals surface area contributed by atoms with E-state index >= 15 is 0 Å². The van der Waals surface area contributed by atoms with Crippen molar-refractivity contribution in [2.45, 2.75) is 33.4 Å². The first-order chi connectivity index (χ1) is 16.0.